The number of amides is 1. The predicted molar refractivity (Wildman–Crippen MR) is 87.2 cm³/mol. The van der Waals surface area contributed by atoms with Crippen molar-refractivity contribution >= 4 is 11.9 Å². The van der Waals surface area contributed by atoms with E-state index in [0.717, 1.165) is 16.7 Å². The van der Waals surface area contributed by atoms with E-state index in [-0.39, 0.29) is 11.9 Å². The molecule has 23 heavy (non-hydrogen) atoms. The normalized spacial score (nSPS) is 20.6. The van der Waals surface area contributed by atoms with Crippen molar-refractivity contribution in [1.29, 1.82) is 5.41 Å². The number of methoxy groups -OCH3 is 1. The third-order valence-corrected chi connectivity index (χ3v) is 4.16. The van der Waals surface area contributed by atoms with Crippen LogP contribution in [0.15, 0.2) is 42.7 Å². The molecule has 1 amide bonds. The molecule has 1 aliphatic rings. The van der Waals surface area contributed by atoms with Gasteiger partial charge >= 0.3 is 0 Å². The van der Waals surface area contributed by atoms with Gasteiger partial charge in [0, 0.05) is 18.8 Å². The van der Waals surface area contributed by atoms with Crippen molar-refractivity contribution in [3.05, 3.63) is 48.3 Å². The van der Waals surface area contributed by atoms with Crippen molar-refractivity contribution in [2.75, 3.05) is 14.2 Å². The quantitative estimate of drug-likeness (QED) is 0.908. The molecule has 1 atom stereocenters. The van der Waals surface area contributed by atoms with Gasteiger partial charge in [-0.05, 0) is 30.2 Å². The monoisotopic (exact) mass is 310 g/mol. The Morgan fingerprint density at radius 1 is 1.26 bits per heavy atom. The predicted octanol–water partition coefficient (Wildman–Crippen LogP) is 1.97. The maximum atomic E-state index is 12.5. The lowest BCUT2D eigenvalue weighted by Gasteiger charge is -2.22. The summed E-state index contributed by atoms with van der Waals surface area (Å²) < 4.78 is 5.21. The van der Waals surface area contributed by atoms with Gasteiger partial charge in [0.2, 0.25) is 0 Å². The minimum Gasteiger partial charge on any atom is -0.495 e. The zero-order chi connectivity index (χ0) is 16.6. The number of aromatic nitrogens is 1. The number of likely N-dealkylation sites (N-methyl/N-ethyl adjacent to an activating group) is 1. The van der Waals surface area contributed by atoms with E-state index in [2.05, 4.69) is 10.3 Å². The summed E-state index contributed by atoms with van der Waals surface area (Å²) in [7, 11) is 3.19. The first-order valence-electron chi connectivity index (χ1n) is 7.20. The number of hydrogen-bond donors (Lipinski definition) is 2. The maximum Gasteiger partial charge on any atom is 0.259 e. The lowest BCUT2D eigenvalue weighted by molar-refractivity contribution is -0.129. The van der Waals surface area contributed by atoms with Crippen molar-refractivity contribution in [3.63, 3.8) is 0 Å². The molecular formula is C17H18N4O2. The Hall–Kier alpha value is -2.89. The van der Waals surface area contributed by atoms with E-state index in [9.17, 15) is 4.79 Å². The smallest absolute Gasteiger partial charge is 0.259 e. The number of hydrogen-bond acceptors (Lipinski definition) is 4. The third-order valence-electron chi connectivity index (χ3n) is 4.16. The standard InChI is InChI=1S/C17H18N4O2/c1-17(15(22)21(2)16(18)20-17)13-6-4-5-11(7-13)12-8-14(23-3)10-19-9-12/h4-10H,1-3H3,(H2,18,20). The van der Waals surface area contributed by atoms with Gasteiger partial charge in [-0.1, -0.05) is 18.2 Å². The van der Waals surface area contributed by atoms with Crippen LogP contribution in [-0.2, 0) is 10.3 Å². The summed E-state index contributed by atoms with van der Waals surface area (Å²) in [4.78, 5) is 18.0. The van der Waals surface area contributed by atoms with Crippen LogP contribution in [0.4, 0.5) is 0 Å². The summed E-state index contributed by atoms with van der Waals surface area (Å²) in [5.74, 6) is 0.630. The second kappa shape index (κ2) is 5.39. The molecule has 1 fully saturated rings. The molecule has 2 N–H and O–H groups in total. The molecule has 0 aliphatic carbocycles. The largest absolute Gasteiger partial charge is 0.495 e. The van der Waals surface area contributed by atoms with Gasteiger partial charge in [-0.25, -0.2) is 0 Å². The van der Waals surface area contributed by atoms with Crippen molar-refractivity contribution in [2.45, 2.75) is 12.5 Å². The average Bonchev–Trinajstić information content (AvgIpc) is 2.79. The third kappa shape index (κ3) is 2.42. The van der Waals surface area contributed by atoms with Crippen LogP contribution in [0.5, 0.6) is 5.75 Å². The number of pyridine rings is 1. The fraction of sp³-hybridized carbons (Fsp3) is 0.235. The molecule has 2 aromatic rings. The molecule has 2 heterocycles. The highest BCUT2D eigenvalue weighted by Crippen LogP contribution is 2.31. The second-order valence-corrected chi connectivity index (χ2v) is 5.66. The second-order valence-electron chi connectivity index (χ2n) is 5.66. The van der Waals surface area contributed by atoms with Crippen LogP contribution in [0.2, 0.25) is 0 Å². The Bertz CT molecular complexity index is 790. The van der Waals surface area contributed by atoms with Gasteiger partial charge in [-0.2, -0.15) is 0 Å². The van der Waals surface area contributed by atoms with Crippen LogP contribution in [0.25, 0.3) is 11.1 Å². The summed E-state index contributed by atoms with van der Waals surface area (Å²) in [5.41, 5.74) is 1.71. The van der Waals surface area contributed by atoms with Crippen molar-refractivity contribution in [2.24, 2.45) is 0 Å². The highest BCUT2D eigenvalue weighted by atomic mass is 16.5. The Morgan fingerprint density at radius 3 is 2.70 bits per heavy atom. The van der Waals surface area contributed by atoms with E-state index in [1.165, 1.54) is 4.90 Å². The van der Waals surface area contributed by atoms with Gasteiger partial charge in [0.05, 0.1) is 13.3 Å². The molecule has 6 nitrogen and oxygen atoms in total. The summed E-state index contributed by atoms with van der Waals surface area (Å²) in [6.07, 6.45) is 3.40. The summed E-state index contributed by atoms with van der Waals surface area (Å²) in [5, 5.41) is 10.8. The molecular weight excluding hydrogens is 292 g/mol. The van der Waals surface area contributed by atoms with Gasteiger partial charge in [-0.15, -0.1) is 0 Å². The highest BCUT2D eigenvalue weighted by Gasteiger charge is 2.45. The zero-order valence-corrected chi connectivity index (χ0v) is 13.3. The minimum atomic E-state index is -0.936. The molecule has 1 aliphatic heterocycles. The van der Waals surface area contributed by atoms with E-state index in [1.807, 2.05) is 30.3 Å². The lowest BCUT2D eigenvalue weighted by atomic mass is 9.90. The van der Waals surface area contributed by atoms with Gasteiger partial charge < -0.3 is 10.1 Å². The molecule has 1 aromatic heterocycles. The van der Waals surface area contributed by atoms with Gasteiger partial charge in [-0.3, -0.25) is 20.1 Å². The molecule has 6 heteroatoms. The van der Waals surface area contributed by atoms with Crippen LogP contribution in [0, 0.1) is 5.41 Å². The fourth-order valence-electron chi connectivity index (χ4n) is 2.70. The molecule has 0 saturated carbocycles. The first-order valence-corrected chi connectivity index (χ1v) is 7.20. The number of nitrogens with zero attached hydrogens (tertiary/aromatic N) is 2. The molecule has 0 radical (unpaired) electrons. The zero-order valence-electron chi connectivity index (χ0n) is 13.3. The van der Waals surface area contributed by atoms with E-state index in [4.69, 9.17) is 10.1 Å². The summed E-state index contributed by atoms with van der Waals surface area (Å²) in [6.45, 7) is 1.79. The van der Waals surface area contributed by atoms with Crippen LogP contribution in [0.3, 0.4) is 0 Å². The van der Waals surface area contributed by atoms with Gasteiger partial charge in [0.25, 0.3) is 5.91 Å². The Morgan fingerprint density at radius 2 is 2.04 bits per heavy atom. The molecule has 1 aromatic carbocycles. The lowest BCUT2D eigenvalue weighted by Crippen LogP contribution is -2.40. The van der Waals surface area contributed by atoms with Crippen molar-refractivity contribution in [1.82, 2.24) is 15.2 Å². The topological polar surface area (TPSA) is 78.3 Å². The maximum absolute atomic E-state index is 12.5. The van der Waals surface area contributed by atoms with Crippen LogP contribution >= 0.6 is 0 Å². The number of nitrogens with one attached hydrogen (secondary N) is 2. The SMILES string of the molecule is COc1cncc(-c2cccc(C3(C)NC(=N)N(C)C3=O)c2)c1. The molecule has 1 saturated heterocycles. The summed E-state index contributed by atoms with van der Waals surface area (Å²) in [6, 6.07) is 9.57. The number of carbonyl (C=O) groups excluding carboxylic acids is 1. The van der Waals surface area contributed by atoms with Crippen LogP contribution < -0.4 is 10.1 Å². The number of rotatable bonds is 3. The molecule has 3 rings (SSSR count). The van der Waals surface area contributed by atoms with Gasteiger partial charge in [0.1, 0.15) is 11.3 Å². The van der Waals surface area contributed by atoms with E-state index >= 15 is 0 Å². The Labute approximate surface area is 134 Å². The Kier molecular flexibility index (Phi) is 3.52. The molecule has 118 valence electrons. The van der Waals surface area contributed by atoms with E-state index < -0.39 is 5.54 Å². The first kappa shape index (κ1) is 15.0. The average molecular weight is 310 g/mol. The molecule has 0 bridgehead atoms. The highest BCUT2D eigenvalue weighted by molar-refractivity contribution is 6.07. The molecule has 1 unspecified atom stereocenters. The molecule has 0 spiro atoms. The number of carbonyl (C=O) groups is 1. The van der Waals surface area contributed by atoms with Crippen LogP contribution in [-0.4, -0.2) is 35.9 Å². The number of ether oxygens (including phenoxy) is 1. The van der Waals surface area contributed by atoms with Gasteiger partial charge in [0.15, 0.2) is 5.96 Å². The summed E-state index contributed by atoms with van der Waals surface area (Å²) >= 11 is 0. The minimum absolute atomic E-state index is 0.103. The number of benzene rings is 1. The Balaban J connectivity index is 2.03. The van der Waals surface area contributed by atoms with Crippen molar-refractivity contribution < 1.29 is 9.53 Å². The van der Waals surface area contributed by atoms with Crippen LogP contribution in [0.1, 0.15) is 12.5 Å². The fourth-order valence-corrected chi connectivity index (χ4v) is 2.70. The van der Waals surface area contributed by atoms with E-state index in [1.54, 1.807) is 33.5 Å². The number of guanidine groups is 1. The van der Waals surface area contributed by atoms with E-state index in [0.29, 0.717) is 5.75 Å². The first-order chi connectivity index (χ1) is 11.0. The van der Waals surface area contributed by atoms with Crippen molar-refractivity contribution in [3.8, 4) is 16.9 Å².